The van der Waals surface area contributed by atoms with Gasteiger partial charge in [-0.1, -0.05) is 19.1 Å². The van der Waals surface area contributed by atoms with Crippen molar-refractivity contribution in [2.45, 2.75) is 52.1 Å². The molecule has 2 saturated carbocycles. The molecule has 40 heavy (non-hydrogen) atoms. The molecule has 4 aliphatic rings. The van der Waals surface area contributed by atoms with Crippen LogP contribution in [0.15, 0.2) is 46.9 Å². The Morgan fingerprint density at radius 2 is 1.95 bits per heavy atom. The Kier molecular flexibility index (Phi) is 5.43. The van der Waals surface area contributed by atoms with Gasteiger partial charge in [0, 0.05) is 59.8 Å². The van der Waals surface area contributed by atoms with Gasteiger partial charge >= 0.3 is 0 Å². The topological polar surface area (TPSA) is 70.7 Å². The molecule has 7 heteroatoms. The fourth-order valence-electron chi connectivity index (χ4n) is 7.55. The number of aromatic nitrogens is 1. The lowest BCUT2D eigenvalue weighted by Crippen LogP contribution is -2.48. The normalized spacial score (nSPS) is 24.6. The number of fused-ring (bicyclic) bond motifs is 4. The van der Waals surface area contributed by atoms with Crippen LogP contribution in [0.2, 0.25) is 0 Å². The van der Waals surface area contributed by atoms with E-state index in [2.05, 4.69) is 59.0 Å². The van der Waals surface area contributed by atoms with Gasteiger partial charge in [-0.2, -0.15) is 0 Å². The number of hydrogen-bond acceptors (Lipinski definition) is 4. The zero-order valence-corrected chi connectivity index (χ0v) is 23.3. The van der Waals surface area contributed by atoms with E-state index in [9.17, 15) is 9.59 Å². The maximum Gasteiger partial charge on any atom is 0.254 e. The van der Waals surface area contributed by atoms with Gasteiger partial charge in [-0.3, -0.25) is 9.59 Å². The molecule has 2 aliphatic carbocycles. The highest BCUT2D eigenvalue weighted by molar-refractivity contribution is 6.01. The summed E-state index contributed by atoms with van der Waals surface area (Å²) in [6.07, 6.45) is 4.87. The summed E-state index contributed by atoms with van der Waals surface area (Å²) in [5.74, 6) is 3.03. The van der Waals surface area contributed by atoms with E-state index in [1.807, 2.05) is 17.0 Å². The standard InChI is InChI=1S/C33H36N4O3/c1-19-24-7-10-27(19)37(18-24)33(39)23-6-9-26-20(2)32(40-30(26)14-23)29-13-22-5-8-25(35-12-11-34-16-31(35)38)15-28(22)36(29)17-21-3-4-21/h5-6,8-9,13-15,19,21,24,27,34H,3-4,7,10-12,16-18H2,1-2H3/t19-,24?,27?/m1/s1. The maximum absolute atomic E-state index is 13.5. The van der Waals surface area contributed by atoms with E-state index in [0.29, 0.717) is 36.9 Å². The van der Waals surface area contributed by atoms with Crippen molar-refractivity contribution in [3.05, 3.63) is 53.6 Å². The number of carbonyl (C=O) groups excluding carboxylic acids is 2. The quantitative estimate of drug-likeness (QED) is 0.362. The van der Waals surface area contributed by atoms with Crippen LogP contribution in [0.3, 0.4) is 0 Å². The molecule has 0 radical (unpaired) electrons. The molecule has 2 aromatic carbocycles. The van der Waals surface area contributed by atoms with Crippen LogP contribution in [0.4, 0.5) is 5.69 Å². The van der Waals surface area contributed by atoms with Gasteiger partial charge in [0.25, 0.3) is 5.91 Å². The highest BCUT2D eigenvalue weighted by Crippen LogP contribution is 2.44. The molecule has 4 aromatic rings. The monoisotopic (exact) mass is 536 g/mol. The third kappa shape index (κ3) is 3.74. The molecule has 1 N–H and O–H groups in total. The smallest absolute Gasteiger partial charge is 0.254 e. The fourth-order valence-corrected chi connectivity index (χ4v) is 7.55. The average molecular weight is 537 g/mol. The lowest BCUT2D eigenvalue weighted by Gasteiger charge is -2.27. The second kappa shape index (κ2) is 8.96. The van der Waals surface area contributed by atoms with Gasteiger partial charge in [0.05, 0.1) is 17.8 Å². The third-order valence-corrected chi connectivity index (χ3v) is 10.1. The first-order valence-electron chi connectivity index (χ1n) is 14.9. The SMILES string of the molecule is Cc1c(-c2cc3ccc(N4CCNCC4=O)cc3n2CC2CC2)oc2cc(C(=O)N3CC4CCC3[C@@H]4C)ccc12. The van der Waals surface area contributed by atoms with Crippen molar-refractivity contribution in [1.82, 2.24) is 14.8 Å². The van der Waals surface area contributed by atoms with Gasteiger partial charge in [0.15, 0.2) is 5.76 Å². The number of amides is 2. The Labute approximate surface area is 234 Å². The second-order valence-electron chi connectivity index (χ2n) is 12.5. The van der Waals surface area contributed by atoms with Crippen LogP contribution in [0.25, 0.3) is 33.3 Å². The molecule has 3 atom stereocenters. The van der Waals surface area contributed by atoms with Crippen LogP contribution >= 0.6 is 0 Å². The summed E-state index contributed by atoms with van der Waals surface area (Å²) in [5, 5.41) is 5.37. The minimum atomic E-state index is 0.112. The van der Waals surface area contributed by atoms with Crippen molar-refractivity contribution in [2.75, 3.05) is 31.1 Å². The number of anilines is 1. The summed E-state index contributed by atoms with van der Waals surface area (Å²) in [7, 11) is 0. The van der Waals surface area contributed by atoms with Crippen molar-refractivity contribution in [3.8, 4) is 11.5 Å². The second-order valence-corrected chi connectivity index (χ2v) is 12.5. The minimum absolute atomic E-state index is 0.112. The van der Waals surface area contributed by atoms with E-state index in [4.69, 9.17) is 4.42 Å². The predicted octanol–water partition coefficient (Wildman–Crippen LogP) is 5.58. The van der Waals surface area contributed by atoms with Crippen molar-refractivity contribution in [2.24, 2.45) is 17.8 Å². The zero-order valence-electron chi connectivity index (χ0n) is 23.3. The summed E-state index contributed by atoms with van der Waals surface area (Å²) >= 11 is 0. The first-order chi connectivity index (χ1) is 19.5. The Morgan fingerprint density at radius 1 is 1.07 bits per heavy atom. The van der Waals surface area contributed by atoms with E-state index in [1.54, 1.807) is 0 Å². The van der Waals surface area contributed by atoms with Crippen LogP contribution in [0, 0.1) is 24.7 Å². The fraction of sp³-hybridized carbons (Fsp3) is 0.455. The Balaban J connectivity index is 1.19. The van der Waals surface area contributed by atoms with Crippen LogP contribution in [-0.4, -0.2) is 53.5 Å². The van der Waals surface area contributed by atoms with Gasteiger partial charge < -0.3 is 24.1 Å². The Bertz CT molecular complexity index is 1680. The Morgan fingerprint density at radius 3 is 2.70 bits per heavy atom. The van der Waals surface area contributed by atoms with Gasteiger partial charge in [-0.15, -0.1) is 0 Å². The first-order valence-corrected chi connectivity index (χ1v) is 14.9. The van der Waals surface area contributed by atoms with E-state index < -0.39 is 0 Å². The summed E-state index contributed by atoms with van der Waals surface area (Å²) in [4.78, 5) is 30.1. The largest absolute Gasteiger partial charge is 0.454 e. The molecule has 2 amide bonds. The third-order valence-electron chi connectivity index (χ3n) is 10.1. The van der Waals surface area contributed by atoms with E-state index >= 15 is 0 Å². The molecule has 2 bridgehead atoms. The molecule has 4 fully saturated rings. The van der Waals surface area contributed by atoms with Crippen molar-refractivity contribution in [3.63, 3.8) is 0 Å². The summed E-state index contributed by atoms with van der Waals surface area (Å²) < 4.78 is 8.98. The number of nitrogens with zero attached hydrogens (tertiary/aromatic N) is 3. The summed E-state index contributed by atoms with van der Waals surface area (Å²) in [6.45, 7) is 8.11. The van der Waals surface area contributed by atoms with E-state index in [1.165, 1.54) is 19.3 Å². The number of furan rings is 1. The number of rotatable bonds is 5. The van der Waals surface area contributed by atoms with Gasteiger partial charge in [-0.25, -0.2) is 0 Å². The number of aryl methyl sites for hydroxylation is 1. The zero-order chi connectivity index (χ0) is 27.1. The van der Waals surface area contributed by atoms with Gasteiger partial charge in [0.1, 0.15) is 5.58 Å². The predicted molar refractivity (Wildman–Crippen MR) is 157 cm³/mol. The minimum Gasteiger partial charge on any atom is -0.454 e. The van der Waals surface area contributed by atoms with Gasteiger partial charge in [-0.05, 0) is 80.7 Å². The number of nitrogens with one attached hydrogen (secondary N) is 1. The lowest BCUT2D eigenvalue weighted by atomic mass is 10.0. The number of benzene rings is 2. The van der Waals surface area contributed by atoms with E-state index in [0.717, 1.165) is 76.2 Å². The lowest BCUT2D eigenvalue weighted by molar-refractivity contribution is -0.118. The van der Waals surface area contributed by atoms with E-state index in [-0.39, 0.29) is 11.8 Å². The van der Waals surface area contributed by atoms with Crippen molar-refractivity contribution >= 4 is 39.4 Å². The number of carbonyl (C=O) groups is 2. The molecule has 2 saturated heterocycles. The Hall–Kier alpha value is -3.58. The average Bonchev–Trinajstić information content (AvgIpc) is 3.38. The van der Waals surface area contributed by atoms with Crippen LogP contribution in [-0.2, 0) is 11.3 Å². The molecule has 2 aliphatic heterocycles. The molecule has 4 heterocycles. The molecular formula is C33H36N4O3. The summed E-state index contributed by atoms with van der Waals surface area (Å²) in [5.41, 5.74) is 5.75. The molecule has 206 valence electrons. The maximum atomic E-state index is 13.5. The van der Waals surface area contributed by atoms with Crippen LogP contribution in [0.5, 0.6) is 0 Å². The number of hydrogen-bond donors (Lipinski definition) is 1. The highest BCUT2D eigenvalue weighted by Gasteiger charge is 2.46. The summed E-state index contributed by atoms with van der Waals surface area (Å²) in [6, 6.07) is 15.0. The highest BCUT2D eigenvalue weighted by atomic mass is 16.3. The molecule has 7 nitrogen and oxygen atoms in total. The molecule has 8 rings (SSSR count). The number of piperazine rings is 1. The molecular weight excluding hydrogens is 500 g/mol. The number of piperidine rings is 1. The molecule has 2 aromatic heterocycles. The van der Waals surface area contributed by atoms with Crippen molar-refractivity contribution < 1.29 is 14.0 Å². The first kappa shape index (κ1) is 24.2. The molecule has 2 unspecified atom stereocenters. The van der Waals surface area contributed by atoms with Crippen LogP contribution in [0.1, 0.15) is 48.5 Å². The molecule has 0 spiro atoms. The van der Waals surface area contributed by atoms with Crippen molar-refractivity contribution in [1.29, 1.82) is 0 Å². The number of likely N-dealkylation sites (tertiary alicyclic amines) is 1. The van der Waals surface area contributed by atoms with Crippen LogP contribution < -0.4 is 10.2 Å². The van der Waals surface area contributed by atoms with Gasteiger partial charge in [0.2, 0.25) is 5.91 Å².